The van der Waals surface area contributed by atoms with Gasteiger partial charge in [0.2, 0.25) is 5.28 Å². The van der Waals surface area contributed by atoms with E-state index in [0.29, 0.717) is 17.0 Å². The van der Waals surface area contributed by atoms with Crippen molar-refractivity contribution in [1.82, 2.24) is 19.5 Å². The molecule has 0 saturated carbocycles. The van der Waals surface area contributed by atoms with E-state index in [1.54, 1.807) is 11.6 Å². The van der Waals surface area contributed by atoms with Gasteiger partial charge in [-0.15, -0.1) is 0 Å². The van der Waals surface area contributed by atoms with Crippen LogP contribution in [-0.4, -0.2) is 19.5 Å². The molecule has 0 amide bonds. The molecule has 0 radical (unpaired) electrons. The van der Waals surface area contributed by atoms with Crippen LogP contribution in [-0.2, 0) is 7.05 Å². The molecular formula is C14H11ClN4O. The predicted octanol–water partition coefficient (Wildman–Crippen LogP) is 2.48. The van der Waals surface area contributed by atoms with Crippen molar-refractivity contribution in [2.24, 2.45) is 7.05 Å². The molecule has 3 aromatic rings. The summed E-state index contributed by atoms with van der Waals surface area (Å²) in [6.07, 6.45) is 3.77. The zero-order valence-corrected chi connectivity index (χ0v) is 11.4. The highest BCUT2D eigenvalue weighted by molar-refractivity contribution is 6.28. The van der Waals surface area contributed by atoms with Crippen LogP contribution in [0, 0.1) is 0 Å². The van der Waals surface area contributed by atoms with Gasteiger partial charge < -0.3 is 4.57 Å². The van der Waals surface area contributed by atoms with Crippen molar-refractivity contribution < 1.29 is 0 Å². The highest BCUT2D eigenvalue weighted by atomic mass is 35.5. The fraction of sp³-hybridized carbons (Fsp3) is 0.0714. The van der Waals surface area contributed by atoms with Gasteiger partial charge in [-0.25, -0.2) is 4.98 Å². The summed E-state index contributed by atoms with van der Waals surface area (Å²) in [7, 11) is 1.77. The number of aromatic nitrogens is 4. The number of halogens is 1. The fourth-order valence-corrected chi connectivity index (χ4v) is 2.16. The maximum absolute atomic E-state index is 11.8. The van der Waals surface area contributed by atoms with Crippen molar-refractivity contribution in [1.29, 1.82) is 0 Å². The molecule has 0 bridgehead atoms. The minimum atomic E-state index is -0.297. The second-order valence-corrected chi connectivity index (χ2v) is 4.66. The van der Waals surface area contributed by atoms with E-state index in [4.69, 9.17) is 11.6 Å². The number of hydrogen-bond donors (Lipinski definition) is 1. The minimum absolute atomic E-state index is 0.0409. The van der Waals surface area contributed by atoms with E-state index in [1.807, 2.05) is 42.5 Å². The molecule has 0 spiro atoms. The average molecular weight is 287 g/mol. The first kappa shape index (κ1) is 12.6. The second kappa shape index (κ2) is 4.94. The Hall–Kier alpha value is -2.40. The number of fused-ring (bicyclic) bond motifs is 1. The van der Waals surface area contributed by atoms with Crippen molar-refractivity contribution in [3.63, 3.8) is 0 Å². The number of rotatable bonds is 2. The largest absolute Gasteiger partial charge is 0.322 e. The molecule has 1 N–H and O–H groups in total. The van der Waals surface area contributed by atoms with Crippen LogP contribution >= 0.6 is 11.6 Å². The van der Waals surface area contributed by atoms with Crippen LogP contribution in [0.5, 0.6) is 0 Å². The number of aromatic amines is 1. The number of hydrogen-bond acceptors (Lipinski definition) is 3. The highest BCUT2D eigenvalue weighted by Crippen LogP contribution is 2.13. The molecule has 2 aromatic heterocycles. The van der Waals surface area contributed by atoms with Crippen LogP contribution in [0.4, 0.5) is 0 Å². The van der Waals surface area contributed by atoms with Gasteiger partial charge >= 0.3 is 0 Å². The molecule has 2 heterocycles. The Morgan fingerprint density at radius 2 is 1.95 bits per heavy atom. The summed E-state index contributed by atoms with van der Waals surface area (Å²) < 4.78 is 1.69. The maximum Gasteiger partial charge on any atom is 0.278 e. The summed E-state index contributed by atoms with van der Waals surface area (Å²) in [5.41, 5.74) is 1.50. The normalized spacial score (nSPS) is 11.5. The highest BCUT2D eigenvalue weighted by Gasteiger charge is 2.11. The van der Waals surface area contributed by atoms with Gasteiger partial charge in [-0.3, -0.25) is 9.78 Å². The number of imidazole rings is 1. The molecule has 3 rings (SSSR count). The van der Waals surface area contributed by atoms with E-state index in [-0.39, 0.29) is 10.8 Å². The molecule has 100 valence electrons. The lowest BCUT2D eigenvalue weighted by molar-refractivity contribution is 0.922. The first-order chi connectivity index (χ1) is 9.65. The third kappa shape index (κ3) is 2.23. The molecular weight excluding hydrogens is 276 g/mol. The fourth-order valence-electron chi connectivity index (χ4n) is 1.99. The minimum Gasteiger partial charge on any atom is -0.322 e. The van der Waals surface area contributed by atoms with E-state index in [1.165, 1.54) is 0 Å². The summed E-state index contributed by atoms with van der Waals surface area (Å²) in [6.45, 7) is 0. The molecule has 0 aliphatic rings. The van der Waals surface area contributed by atoms with Crippen LogP contribution in [0.1, 0.15) is 11.4 Å². The smallest absolute Gasteiger partial charge is 0.278 e. The zero-order valence-electron chi connectivity index (χ0n) is 10.7. The lowest BCUT2D eigenvalue weighted by Crippen LogP contribution is -2.10. The lowest BCUT2D eigenvalue weighted by Gasteiger charge is -1.96. The molecule has 0 saturated heterocycles. The zero-order chi connectivity index (χ0) is 14.1. The summed E-state index contributed by atoms with van der Waals surface area (Å²) in [6, 6.07) is 9.85. The Bertz CT molecular complexity index is 849. The number of benzene rings is 1. The number of aryl methyl sites for hydroxylation is 1. The van der Waals surface area contributed by atoms with E-state index in [0.717, 1.165) is 5.56 Å². The Kier molecular flexibility index (Phi) is 3.12. The quantitative estimate of drug-likeness (QED) is 0.736. The molecule has 0 aliphatic carbocycles. The van der Waals surface area contributed by atoms with E-state index in [2.05, 4.69) is 15.0 Å². The van der Waals surface area contributed by atoms with E-state index in [9.17, 15) is 4.79 Å². The molecule has 20 heavy (non-hydrogen) atoms. The summed E-state index contributed by atoms with van der Waals surface area (Å²) in [5.74, 6) is 0.643. The van der Waals surface area contributed by atoms with Gasteiger partial charge in [0.05, 0.1) is 0 Å². The first-order valence-electron chi connectivity index (χ1n) is 6.00. The van der Waals surface area contributed by atoms with Crippen LogP contribution in [0.25, 0.3) is 23.3 Å². The Morgan fingerprint density at radius 3 is 2.70 bits per heavy atom. The van der Waals surface area contributed by atoms with Gasteiger partial charge in [-0.05, 0) is 23.2 Å². The SMILES string of the molecule is Cn1c(/C=C/c2ccccc2)nc2nc(Cl)[nH]c(=O)c21. The van der Waals surface area contributed by atoms with Crippen molar-refractivity contribution in [3.8, 4) is 0 Å². The van der Waals surface area contributed by atoms with Crippen molar-refractivity contribution in [3.05, 3.63) is 57.4 Å². The molecule has 0 unspecified atom stereocenters. The van der Waals surface area contributed by atoms with Gasteiger partial charge in [0.25, 0.3) is 5.56 Å². The third-order valence-electron chi connectivity index (χ3n) is 2.97. The molecule has 1 aromatic carbocycles. The topological polar surface area (TPSA) is 63.6 Å². The van der Waals surface area contributed by atoms with Crippen LogP contribution in [0.3, 0.4) is 0 Å². The van der Waals surface area contributed by atoms with Gasteiger partial charge in [0, 0.05) is 7.05 Å². The van der Waals surface area contributed by atoms with E-state index >= 15 is 0 Å². The van der Waals surface area contributed by atoms with Gasteiger partial charge in [-0.1, -0.05) is 36.4 Å². The Balaban J connectivity index is 2.09. The molecule has 0 aliphatic heterocycles. The molecule has 6 heteroatoms. The first-order valence-corrected chi connectivity index (χ1v) is 6.38. The van der Waals surface area contributed by atoms with Crippen molar-refractivity contribution in [2.45, 2.75) is 0 Å². The summed E-state index contributed by atoms with van der Waals surface area (Å²) >= 11 is 5.72. The Labute approximate surface area is 119 Å². The van der Waals surface area contributed by atoms with Crippen LogP contribution in [0.2, 0.25) is 5.28 Å². The molecule has 0 atom stereocenters. The van der Waals surface area contributed by atoms with E-state index < -0.39 is 0 Å². The molecule has 0 fully saturated rings. The van der Waals surface area contributed by atoms with Crippen molar-refractivity contribution in [2.75, 3.05) is 0 Å². The predicted molar refractivity (Wildman–Crippen MR) is 79.5 cm³/mol. The Morgan fingerprint density at radius 1 is 1.20 bits per heavy atom. The summed E-state index contributed by atoms with van der Waals surface area (Å²) in [5, 5.41) is 0.0409. The summed E-state index contributed by atoms with van der Waals surface area (Å²) in [4.78, 5) is 22.6. The second-order valence-electron chi connectivity index (χ2n) is 4.30. The monoisotopic (exact) mass is 286 g/mol. The molecule has 5 nitrogen and oxygen atoms in total. The van der Waals surface area contributed by atoms with Crippen LogP contribution in [0.15, 0.2) is 35.1 Å². The van der Waals surface area contributed by atoms with Gasteiger partial charge in [-0.2, -0.15) is 4.98 Å². The van der Waals surface area contributed by atoms with Crippen LogP contribution < -0.4 is 5.56 Å². The number of nitrogens with zero attached hydrogens (tertiary/aromatic N) is 3. The van der Waals surface area contributed by atoms with Gasteiger partial charge in [0.1, 0.15) is 5.82 Å². The standard InChI is InChI=1S/C14H11ClN4O/c1-19-10(8-7-9-5-3-2-4-6-9)16-12-11(19)13(20)18-14(15)17-12/h2-8H,1H3,(H,17,18,20)/b8-7+. The van der Waals surface area contributed by atoms with Crippen molar-refractivity contribution >= 4 is 34.9 Å². The number of nitrogens with one attached hydrogen (secondary N) is 1. The maximum atomic E-state index is 11.8. The number of H-pyrrole nitrogens is 1. The third-order valence-corrected chi connectivity index (χ3v) is 3.15. The lowest BCUT2D eigenvalue weighted by atomic mass is 10.2. The van der Waals surface area contributed by atoms with Gasteiger partial charge in [0.15, 0.2) is 11.2 Å². The average Bonchev–Trinajstić information content (AvgIpc) is 2.74.